The highest BCUT2D eigenvalue weighted by Crippen LogP contribution is 2.24. The second-order valence-corrected chi connectivity index (χ2v) is 9.45. The average Bonchev–Trinajstić information content (AvgIpc) is 2.84. The van der Waals surface area contributed by atoms with Gasteiger partial charge in [-0.15, -0.1) is 0 Å². The van der Waals surface area contributed by atoms with Crippen LogP contribution >= 0.6 is 24.0 Å². The first-order valence-corrected chi connectivity index (χ1v) is 12.6. The maximum Gasteiger partial charge on any atom is 0.199 e. The summed E-state index contributed by atoms with van der Waals surface area (Å²) in [4.78, 5) is 9.37. The van der Waals surface area contributed by atoms with Crippen LogP contribution in [0.3, 0.4) is 0 Å². The van der Waals surface area contributed by atoms with E-state index in [1.54, 1.807) is 0 Å². The zero-order valence-corrected chi connectivity index (χ0v) is 19.9. The summed E-state index contributed by atoms with van der Waals surface area (Å²) in [7, 11) is 0. The highest BCUT2D eigenvalue weighted by Gasteiger charge is 2.25. The van der Waals surface area contributed by atoms with Crippen molar-refractivity contribution < 1.29 is 4.74 Å². The molecule has 0 radical (unpaired) electrons. The van der Waals surface area contributed by atoms with Gasteiger partial charge < -0.3 is 20.7 Å². The molecule has 2 saturated heterocycles. The van der Waals surface area contributed by atoms with Crippen molar-refractivity contribution in [2.75, 3.05) is 49.6 Å². The van der Waals surface area contributed by atoms with Gasteiger partial charge in [0.1, 0.15) is 0 Å². The molecule has 4 rings (SSSR count). The molecule has 2 fully saturated rings. The Labute approximate surface area is 200 Å². The van der Waals surface area contributed by atoms with Gasteiger partial charge >= 0.3 is 0 Å². The maximum absolute atomic E-state index is 6.03. The van der Waals surface area contributed by atoms with Crippen molar-refractivity contribution in [1.29, 1.82) is 0 Å². The second kappa shape index (κ2) is 11.7. The molecule has 0 bridgehead atoms. The van der Waals surface area contributed by atoms with E-state index >= 15 is 0 Å². The Kier molecular flexibility index (Phi) is 8.39. The fourth-order valence-corrected chi connectivity index (χ4v) is 5.14. The van der Waals surface area contributed by atoms with E-state index in [2.05, 4.69) is 56.5 Å². The third kappa shape index (κ3) is 6.68. The predicted molar refractivity (Wildman–Crippen MR) is 140 cm³/mol. The Balaban J connectivity index is 1.23. The summed E-state index contributed by atoms with van der Waals surface area (Å²) in [6.07, 6.45) is 2.41. The van der Waals surface area contributed by atoms with E-state index in [-0.39, 0.29) is 0 Å². The Morgan fingerprint density at radius 2 is 1.72 bits per heavy atom. The first-order valence-electron chi connectivity index (χ1n) is 11.2. The molecule has 0 aliphatic carbocycles. The van der Waals surface area contributed by atoms with Gasteiger partial charge in [-0.05, 0) is 54.9 Å². The number of thiocarbonyl (C=S) groups is 1. The van der Waals surface area contributed by atoms with Crippen molar-refractivity contribution in [3.63, 3.8) is 0 Å². The summed E-state index contributed by atoms with van der Waals surface area (Å²) < 4.78 is 5.49. The normalized spacial score (nSPS) is 18.5. The number of rotatable bonds is 5. The predicted octanol–water partition coefficient (Wildman–Crippen LogP) is 3.93. The van der Waals surface area contributed by atoms with Crippen LogP contribution in [0.1, 0.15) is 18.4 Å². The fourth-order valence-electron chi connectivity index (χ4n) is 4.20. The number of nitrogens with zero attached hydrogens (tertiary/aromatic N) is 3. The van der Waals surface area contributed by atoms with Gasteiger partial charge in [-0.1, -0.05) is 42.1 Å². The Hall–Kier alpha value is -2.13. The molecule has 2 aliphatic rings. The van der Waals surface area contributed by atoms with Crippen molar-refractivity contribution in [2.45, 2.75) is 24.6 Å². The van der Waals surface area contributed by atoms with E-state index in [1.807, 2.05) is 18.2 Å². The number of nitrogens with two attached hydrogens (primary N) is 1. The van der Waals surface area contributed by atoms with Gasteiger partial charge in [0.25, 0.3) is 0 Å². The van der Waals surface area contributed by atoms with Crippen LogP contribution in [-0.4, -0.2) is 60.6 Å². The highest BCUT2D eigenvalue weighted by atomic mass is 32.2. The smallest absolute Gasteiger partial charge is 0.199 e. The van der Waals surface area contributed by atoms with Gasteiger partial charge in [0.2, 0.25) is 0 Å². The van der Waals surface area contributed by atoms with Crippen LogP contribution in [-0.2, 0) is 10.5 Å². The lowest BCUT2D eigenvalue weighted by molar-refractivity contribution is 0.0115. The molecule has 6 nitrogen and oxygen atoms in total. The fraction of sp³-hybridized carbons (Fsp3) is 0.417. The van der Waals surface area contributed by atoms with E-state index in [9.17, 15) is 0 Å². The van der Waals surface area contributed by atoms with Crippen LogP contribution in [0.25, 0.3) is 0 Å². The summed E-state index contributed by atoms with van der Waals surface area (Å²) in [6, 6.07) is 19.3. The number of nitrogens with one attached hydrogen (secondary N) is 1. The number of hydrogen-bond donors (Lipinski definition) is 2. The molecule has 2 aliphatic heterocycles. The van der Waals surface area contributed by atoms with Gasteiger partial charge in [0.05, 0.1) is 13.2 Å². The molecular formula is C24H31N5OS2. The molecule has 2 aromatic carbocycles. The van der Waals surface area contributed by atoms with Crippen LogP contribution in [0.5, 0.6) is 0 Å². The number of piperidine rings is 1. The SMILES string of the molecule is NC(=NC(=S)Nc1ccc(N2CCC(N3CCOCC3)CC2)cc1)SCc1ccccc1. The van der Waals surface area contributed by atoms with E-state index in [0.29, 0.717) is 16.3 Å². The van der Waals surface area contributed by atoms with Gasteiger partial charge in [0, 0.05) is 49.3 Å². The number of aliphatic imine (C=N–C) groups is 1. The molecule has 3 N–H and O–H groups in total. The molecule has 0 unspecified atom stereocenters. The van der Waals surface area contributed by atoms with Crippen molar-refractivity contribution in [2.24, 2.45) is 10.7 Å². The lowest BCUT2D eigenvalue weighted by Gasteiger charge is -2.40. The minimum absolute atomic E-state index is 0.377. The number of ether oxygens (including phenoxy) is 1. The maximum atomic E-state index is 6.03. The summed E-state index contributed by atoms with van der Waals surface area (Å²) in [5.41, 5.74) is 9.41. The Bertz CT molecular complexity index is 892. The first-order chi connectivity index (χ1) is 15.7. The van der Waals surface area contributed by atoms with Crippen LogP contribution in [0, 0.1) is 0 Å². The molecule has 0 aromatic heterocycles. The molecule has 2 aromatic rings. The van der Waals surface area contributed by atoms with Gasteiger partial charge in [-0.3, -0.25) is 4.90 Å². The van der Waals surface area contributed by atoms with Crippen molar-refractivity contribution in [3.05, 3.63) is 60.2 Å². The lowest BCUT2D eigenvalue weighted by atomic mass is 10.0. The van der Waals surface area contributed by atoms with Gasteiger partial charge in [0.15, 0.2) is 10.3 Å². The monoisotopic (exact) mass is 469 g/mol. The van der Waals surface area contributed by atoms with Gasteiger partial charge in [-0.2, -0.15) is 4.99 Å². The Morgan fingerprint density at radius 1 is 1.03 bits per heavy atom. The van der Waals surface area contributed by atoms with E-state index < -0.39 is 0 Å². The zero-order chi connectivity index (χ0) is 22.2. The standard InChI is InChI=1S/C24H31N5OS2/c25-23(32-18-19-4-2-1-3-5-19)27-24(31)26-20-6-8-21(9-7-20)28-12-10-22(11-13-28)29-14-16-30-17-15-29/h1-9,22H,10-18H2,(H3,25,26,27,31). The highest BCUT2D eigenvalue weighted by molar-refractivity contribution is 8.13. The van der Waals surface area contributed by atoms with E-state index in [0.717, 1.165) is 50.8 Å². The third-order valence-corrected chi connectivity index (χ3v) is 7.01. The minimum atomic E-state index is 0.377. The second-order valence-electron chi connectivity index (χ2n) is 8.07. The van der Waals surface area contributed by atoms with Crippen LogP contribution in [0.2, 0.25) is 0 Å². The average molecular weight is 470 g/mol. The number of hydrogen-bond acceptors (Lipinski definition) is 5. The van der Waals surface area contributed by atoms with Crippen molar-refractivity contribution in [3.8, 4) is 0 Å². The molecular weight excluding hydrogens is 438 g/mol. The number of benzene rings is 2. The topological polar surface area (TPSA) is 66.1 Å². The lowest BCUT2D eigenvalue weighted by Crippen LogP contribution is -2.49. The summed E-state index contributed by atoms with van der Waals surface area (Å²) in [5, 5.41) is 4.01. The molecule has 0 spiro atoms. The molecule has 2 heterocycles. The van der Waals surface area contributed by atoms with E-state index in [4.69, 9.17) is 22.7 Å². The van der Waals surface area contributed by atoms with E-state index in [1.165, 1.54) is 35.9 Å². The van der Waals surface area contributed by atoms with Crippen LogP contribution in [0.4, 0.5) is 11.4 Å². The molecule has 0 amide bonds. The van der Waals surface area contributed by atoms with Crippen LogP contribution < -0.4 is 16.0 Å². The summed E-state index contributed by atoms with van der Waals surface area (Å²) in [5.74, 6) is 0.774. The zero-order valence-electron chi connectivity index (χ0n) is 18.3. The molecule has 170 valence electrons. The number of amidine groups is 1. The Morgan fingerprint density at radius 3 is 2.41 bits per heavy atom. The third-order valence-electron chi connectivity index (χ3n) is 5.95. The largest absolute Gasteiger partial charge is 0.379 e. The summed E-state index contributed by atoms with van der Waals surface area (Å²) >= 11 is 6.84. The van der Waals surface area contributed by atoms with Gasteiger partial charge in [-0.25, -0.2) is 0 Å². The molecule has 0 saturated carbocycles. The van der Waals surface area contributed by atoms with Crippen LogP contribution in [0.15, 0.2) is 59.6 Å². The first kappa shape index (κ1) is 23.0. The molecule has 0 atom stereocenters. The number of anilines is 2. The molecule has 32 heavy (non-hydrogen) atoms. The van der Waals surface area contributed by atoms with Crippen molar-refractivity contribution in [1.82, 2.24) is 4.90 Å². The van der Waals surface area contributed by atoms with Crippen molar-refractivity contribution >= 4 is 45.6 Å². The molecule has 8 heteroatoms. The minimum Gasteiger partial charge on any atom is -0.379 e. The number of thioether (sulfide) groups is 1. The summed E-state index contributed by atoms with van der Waals surface area (Å²) in [6.45, 7) is 6.07. The quantitative estimate of drug-likeness (QED) is 0.391. The number of morpholine rings is 1.